The lowest BCUT2D eigenvalue weighted by molar-refractivity contribution is 0.330. The van der Waals surface area contributed by atoms with Gasteiger partial charge in [-0.3, -0.25) is 4.18 Å². The minimum Gasteiger partial charge on any atom is -0.269 e. The molecule has 0 saturated heterocycles. The summed E-state index contributed by atoms with van der Waals surface area (Å²) in [6, 6.07) is 1.75. The molecule has 0 aliphatic carbocycles. The lowest BCUT2D eigenvalue weighted by atomic mass is 10.5. The van der Waals surface area contributed by atoms with Gasteiger partial charge in [0.15, 0.2) is 0 Å². The van der Waals surface area contributed by atoms with E-state index in [1.54, 1.807) is 6.07 Å². The second-order valence-corrected chi connectivity index (χ2v) is 3.08. The maximum atomic E-state index is 10.2. The molecular formula is C4H7NO3S. The molecule has 0 rings (SSSR count). The smallest absolute Gasteiger partial charge is 0.264 e. The zero-order chi connectivity index (χ0) is 7.33. The summed E-state index contributed by atoms with van der Waals surface area (Å²) in [7, 11) is -3.35. The minimum absolute atomic E-state index is 0.0463. The number of nitrogens with zero attached hydrogens (tertiary/aromatic N) is 1. The van der Waals surface area contributed by atoms with Crippen molar-refractivity contribution in [2.45, 2.75) is 6.42 Å². The number of rotatable bonds is 3. The fourth-order valence-electron chi connectivity index (χ4n) is 0.239. The van der Waals surface area contributed by atoms with Crippen LogP contribution in [0.2, 0.25) is 0 Å². The highest BCUT2D eigenvalue weighted by atomic mass is 32.2. The van der Waals surface area contributed by atoms with Crippen molar-refractivity contribution >= 4 is 10.1 Å². The van der Waals surface area contributed by atoms with E-state index in [0.717, 1.165) is 6.26 Å². The van der Waals surface area contributed by atoms with Gasteiger partial charge >= 0.3 is 0 Å². The van der Waals surface area contributed by atoms with Crippen LogP contribution in [0.3, 0.4) is 0 Å². The molecule has 52 valence electrons. The summed E-state index contributed by atoms with van der Waals surface area (Å²) >= 11 is 0. The Morgan fingerprint density at radius 3 is 2.56 bits per heavy atom. The highest BCUT2D eigenvalue weighted by Crippen LogP contribution is 1.87. The predicted octanol–water partition coefficient (Wildman–Crippen LogP) is -0.124. The summed E-state index contributed by atoms with van der Waals surface area (Å²) in [4.78, 5) is 0. The Morgan fingerprint density at radius 1 is 1.67 bits per heavy atom. The molecule has 0 aliphatic rings. The molecule has 0 amide bonds. The Bertz CT molecular complexity index is 200. The molecule has 0 fully saturated rings. The third kappa shape index (κ3) is 7.40. The van der Waals surface area contributed by atoms with Gasteiger partial charge in [0.2, 0.25) is 0 Å². The lowest BCUT2D eigenvalue weighted by Crippen LogP contribution is -2.02. The largest absolute Gasteiger partial charge is 0.269 e. The van der Waals surface area contributed by atoms with E-state index in [1.807, 2.05) is 0 Å². The molecule has 0 radical (unpaired) electrons. The monoisotopic (exact) mass is 149 g/mol. The van der Waals surface area contributed by atoms with Crippen LogP contribution < -0.4 is 0 Å². The van der Waals surface area contributed by atoms with E-state index in [4.69, 9.17) is 5.26 Å². The summed E-state index contributed by atoms with van der Waals surface area (Å²) in [5, 5.41) is 7.94. The average molecular weight is 149 g/mol. The first-order valence-electron chi connectivity index (χ1n) is 2.27. The molecule has 5 heteroatoms. The molecule has 0 atom stereocenters. The van der Waals surface area contributed by atoms with Crippen molar-refractivity contribution < 1.29 is 12.6 Å². The molecule has 9 heavy (non-hydrogen) atoms. The maximum absolute atomic E-state index is 10.2. The van der Waals surface area contributed by atoms with Crippen molar-refractivity contribution in [2.24, 2.45) is 0 Å². The van der Waals surface area contributed by atoms with Gasteiger partial charge in [-0.15, -0.1) is 0 Å². The Morgan fingerprint density at radius 2 is 2.22 bits per heavy atom. The summed E-state index contributed by atoms with van der Waals surface area (Å²) in [5.41, 5.74) is 0. The van der Waals surface area contributed by atoms with Crippen LogP contribution in [-0.2, 0) is 14.3 Å². The molecule has 0 spiro atoms. The van der Waals surface area contributed by atoms with E-state index in [0.29, 0.717) is 0 Å². The molecule has 0 saturated carbocycles. The van der Waals surface area contributed by atoms with Crippen LogP contribution >= 0.6 is 0 Å². The highest BCUT2D eigenvalue weighted by molar-refractivity contribution is 7.85. The van der Waals surface area contributed by atoms with E-state index in [-0.39, 0.29) is 13.0 Å². The summed E-state index contributed by atoms with van der Waals surface area (Å²) in [6.07, 6.45) is 1.05. The van der Waals surface area contributed by atoms with Gasteiger partial charge in [-0.2, -0.15) is 13.7 Å². The zero-order valence-corrected chi connectivity index (χ0v) is 5.81. The zero-order valence-electron chi connectivity index (χ0n) is 4.99. The van der Waals surface area contributed by atoms with Gasteiger partial charge in [0, 0.05) is 0 Å². The van der Waals surface area contributed by atoms with Crippen LogP contribution in [-0.4, -0.2) is 21.3 Å². The maximum Gasteiger partial charge on any atom is 0.264 e. The van der Waals surface area contributed by atoms with Crippen LogP contribution in [0.15, 0.2) is 0 Å². The summed E-state index contributed by atoms with van der Waals surface area (Å²) < 4.78 is 24.6. The first kappa shape index (κ1) is 8.40. The van der Waals surface area contributed by atoms with Crippen LogP contribution in [0, 0.1) is 11.3 Å². The number of hydrogen-bond donors (Lipinski definition) is 0. The number of nitriles is 1. The van der Waals surface area contributed by atoms with Crippen molar-refractivity contribution in [2.75, 3.05) is 12.9 Å². The molecule has 0 heterocycles. The fourth-order valence-corrected chi connectivity index (χ4v) is 0.625. The van der Waals surface area contributed by atoms with E-state index in [2.05, 4.69) is 4.18 Å². The van der Waals surface area contributed by atoms with E-state index < -0.39 is 10.1 Å². The van der Waals surface area contributed by atoms with Gasteiger partial charge in [-0.1, -0.05) is 0 Å². The Labute approximate surface area is 54.2 Å². The third-order valence-corrected chi connectivity index (χ3v) is 1.11. The van der Waals surface area contributed by atoms with Crippen molar-refractivity contribution in [3.8, 4) is 6.07 Å². The molecule has 4 nitrogen and oxygen atoms in total. The van der Waals surface area contributed by atoms with Crippen molar-refractivity contribution in [1.29, 1.82) is 5.26 Å². The van der Waals surface area contributed by atoms with Gasteiger partial charge in [0.1, 0.15) is 0 Å². The van der Waals surface area contributed by atoms with Crippen LogP contribution in [0.25, 0.3) is 0 Å². The van der Waals surface area contributed by atoms with Crippen LogP contribution in [0.5, 0.6) is 0 Å². The quantitative estimate of drug-likeness (QED) is 0.414. The van der Waals surface area contributed by atoms with Crippen molar-refractivity contribution in [3.05, 3.63) is 0 Å². The summed E-state index contributed by atoms with van der Waals surface area (Å²) in [6.45, 7) is -0.0463. The Kier molecular flexibility index (Phi) is 3.20. The molecule has 0 aromatic carbocycles. The minimum atomic E-state index is -3.35. The highest BCUT2D eigenvalue weighted by Gasteiger charge is 1.98. The second-order valence-electron chi connectivity index (χ2n) is 1.43. The predicted molar refractivity (Wildman–Crippen MR) is 31.0 cm³/mol. The van der Waals surface area contributed by atoms with Crippen LogP contribution in [0.1, 0.15) is 6.42 Å². The third-order valence-electron chi connectivity index (χ3n) is 0.511. The first-order valence-corrected chi connectivity index (χ1v) is 4.09. The summed E-state index contributed by atoms with van der Waals surface area (Å²) in [5.74, 6) is 0. The molecule has 0 bridgehead atoms. The Hall–Kier alpha value is -0.600. The van der Waals surface area contributed by atoms with Crippen molar-refractivity contribution in [1.82, 2.24) is 0 Å². The lowest BCUT2D eigenvalue weighted by Gasteiger charge is -1.93. The molecule has 0 aliphatic heterocycles. The number of hydrogen-bond acceptors (Lipinski definition) is 4. The normalized spacial score (nSPS) is 10.7. The molecule has 0 unspecified atom stereocenters. The van der Waals surface area contributed by atoms with Crippen molar-refractivity contribution in [3.63, 3.8) is 0 Å². The average Bonchev–Trinajstić information content (AvgIpc) is 1.63. The first-order chi connectivity index (χ1) is 4.06. The molecular weight excluding hydrogens is 142 g/mol. The van der Waals surface area contributed by atoms with E-state index in [9.17, 15) is 8.42 Å². The molecule has 0 aromatic heterocycles. The Balaban J connectivity index is 3.44. The molecule has 0 N–H and O–H groups in total. The van der Waals surface area contributed by atoms with Crippen LogP contribution in [0.4, 0.5) is 0 Å². The SMILES string of the molecule is CS(=O)(=O)OCCC#N. The van der Waals surface area contributed by atoms with Gasteiger partial charge in [0.05, 0.1) is 25.4 Å². The molecule has 0 aromatic rings. The van der Waals surface area contributed by atoms with Gasteiger partial charge in [-0.05, 0) is 0 Å². The van der Waals surface area contributed by atoms with E-state index >= 15 is 0 Å². The second kappa shape index (κ2) is 3.43. The van der Waals surface area contributed by atoms with Gasteiger partial charge in [-0.25, -0.2) is 0 Å². The van der Waals surface area contributed by atoms with Gasteiger partial charge in [0.25, 0.3) is 10.1 Å². The standard InChI is InChI=1S/C4H7NO3S/c1-9(6,7)8-4-2-3-5/h2,4H2,1H3. The topological polar surface area (TPSA) is 67.2 Å². The van der Waals surface area contributed by atoms with E-state index in [1.165, 1.54) is 0 Å². The fraction of sp³-hybridized carbons (Fsp3) is 0.750. The van der Waals surface area contributed by atoms with Gasteiger partial charge < -0.3 is 0 Å².